The number of carbonyl (C=O) groups excluding carboxylic acids is 3. The summed E-state index contributed by atoms with van der Waals surface area (Å²) in [5, 5.41) is 27.0. The molecule has 2 aromatic rings. The molecule has 41 heavy (non-hydrogen) atoms. The molecule has 224 valence electrons. The molecule has 4 atom stereocenters. The lowest BCUT2D eigenvalue weighted by atomic mass is 10.0. The van der Waals surface area contributed by atoms with Crippen LogP contribution in [0.1, 0.15) is 31.2 Å². The number of benzene rings is 1. The van der Waals surface area contributed by atoms with Crippen LogP contribution >= 0.6 is 12.6 Å². The van der Waals surface area contributed by atoms with Crippen molar-refractivity contribution in [2.45, 2.75) is 56.3 Å². The fourth-order valence-electron chi connectivity index (χ4n) is 3.93. The van der Waals surface area contributed by atoms with Gasteiger partial charge in [0.1, 0.15) is 18.1 Å². The number of hydrogen-bond donors (Lipinski definition) is 10. The van der Waals surface area contributed by atoms with Crippen molar-refractivity contribution < 1.29 is 34.2 Å². The normalized spacial score (nSPS) is 13.8. The van der Waals surface area contributed by atoms with Crippen LogP contribution in [0.15, 0.2) is 35.5 Å². The molecule has 0 saturated heterocycles. The molecule has 0 fully saturated rings. The maximum atomic E-state index is 13.4. The van der Waals surface area contributed by atoms with Gasteiger partial charge in [0.05, 0.1) is 6.04 Å². The number of aromatic amines is 1. The van der Waals surface area contributed by atoms with E-state index in [1.807, 2.05) is 18.2 Å². The summed E-state index contributed by atoms with van der Waals surface area (Å²) in [6.07, 6.45) is 1.14. The summed E-state index contributed by atoms with van der Waals surface area (Å²) in [7, 11) is 0. The standard InChI is InChI=1S/C25H36N8O7S/c26-15(12-41)21(36)31-17(7-8-20(34)35)22(37)33-19(10-13-11-30-16-5-2-1-4-14(13)16)23(38)32-18(24(39)40)6-3-9-29-25(27)28/h1-2,4-5,11,15,17-19,30,41H,3,6-10,12,26H2,(H,31,36)(H,32,38)(H,33,37)(H,34,35)(H,39,40)(H4,27,28,29). The first-order valence-electron chi connectivity index (χ1n) is 12.8. The van der Waals surface area contributed by atoms with Crippen molar-refractivity contribution in [1.82, 2.24) is 20.9 Å². The molecule has 0 aliphatic heterocycles. The molecule has 0 aliphatic rings. The monoisotopic (exact) mass is 592 g/mol. The lowest BCUT2D eigenvalue weighted by Gasteiger charge is -2.25. The number of nitrogens with two attached hydrogens (primary N) is 3. The quantitative estimate of drug-likeness (QED) is 0.0436. The van der Waals surface area contributed by atoms with Crippen molar-refractivity contribution in [2.24, 2.45) is 22.2 Å². The molecule has 12 N–H and O–H groups in total. The van der Waals surface area contributed by atoms with Crippen LogP contribution in [0.5, 0.6) is 0 Å². The van der Waals surface area contributed by atoms with E-state index in [9.17, 15) is 29.1 Å². The van der Waals surface area contributed by atoms with Crippen LogP contribution in [0.4, 0.5) is 0 Å². The molecule has 0 bridgehead atoms. The number of carbonyl (C=O) groups is 5. The number of carboxylic acids is 2. The van der Waals surface area contributed by atoms with Gasteiger partial charge in [-0.1, -0.05) is 18.2 Å². The van der Waals surface area contributed by atoms with Crippen molar-refractivity contribution in [3.8, 4) is 0 Å². The van der Waals surface area contributed by atoms with Crippen LogP contribution in [-0.4, -0.2) is 87.3 Å². The summed E-state index contributed by atoms with van der Waals surface area (Å²) in [6, 6.07) is 2.27. The Kier molecular flexibility index (Phi) is 12.9. The minimum atomic E-state index is -1.34. The highest BCUT2D eigenvalue weighted by Gasteiger charge is 2.31. The zero-order valence-electron chi connectivity index (χ0n) is 22.2. The van der Waals surface area contributed by atoms with Crippen LogP contribution in [0.2, 0.25) is 0 Å². The highest BCUT2D eigenvalue weighted by atomic mass is 32.1. The minimum absolute atomic E-state index is 0.00448. The summed E-state index contributed by atoms with van der Waals surface area (Å²) >= 11 is 3.96. The molecule has 0 saturated carbocycles. The Morgan fingerprint density at radius 1 is 0.927 bits per heavy atom. The molecular formula is C25H36N8O7S. The van der Waals surface area contributed by atoms with E-state index < -0.39 is 60.2 Å². The van der Waals surface area contributed by atoms with Crippen LogP contribution in [0.3, 0.4) is 0 Å². The molecule has 1 aromatic carbocycles. The first kappa shape index (κ1) is 32.9. The molecule has 1 aromatic heterocycles. The smallest absolute Gasteiger partial charge is 0.326 e. The van der Waals surface area contributed by atoms with E-state index in [0.29, 0.717) is 5.56 Å². The van der Waals surface area contributed by atoms with Crippen molar-refractivity contribution in [3.05, 3.63) is 36.0 Å². The van der Waals surface area contributed by atoms with Crippen LogP contribution in [0.25, 0.3) is 10.9 Å². The number of nitrogens with zero attached hydrogens (tertiary/aromatic N) is 1. The van der Waals surface area contributed by atoms with E-state index in [1.165, 1.54) is 0 Å². The summed E-state index contributed by atoms with van der Waals surface area (Å²) in [6.45, 7) is 0.150. The molecule has 0 radical (unpaired) electrons. The summed E-state index contributed by atoms with van der Waals surface area (Å²) < 4.78 is 0. The van der Waals surface area contributed by atoms with Gasteiger partial charge in [-0.15, -0.1) is 0 Å². The van der Waals surface area contributed by atoms with Crippen molar-refractivity contribution >= 4 is 59.2 Å². The molecule has 15 nitrogen and oxygen atoms in total. The lowest BCUT2D eigenvalue weighted by molar-refractivity contribution is -0.142. The maximum Gasteiger partial charge on any atom is 0.326 e. The van der Waals surface area contributed by atoms with Gasteiger partial charge in [0.25, 0.3) is 0 Å². The zero-order chi connectivity index (χ0) is 30.5. The third-order valence-electron chi connectivity index (χ3n) is 6.11. The molecular weight excluding hydrogens is 556 g/mol. The number of hydrogen-bond acceptors (Lipinski definition) is 8. The molecule has 16 heteroatoms. The highest BCUT2D eigenvalue weighted by molar-refractivity contribution is 7.80. The number of thiol groups is 1. The number of aliphatic carboxylic acids is 2. The van der Waals surface area contributed by atoms with Gasteiger partial charge in [-0.05, 0) is 30.9 Å². The number of fused-ring (bicyclic) bond motifs is 1. The van der Waals surface area contributed by atoms with Gasteiger partial charge in [-0.25, -0.2) is 4.79 Å². The summed E-state index contributed by atoms with van der Waals surface area (Å²) in [5.74, 6) is -5.04. The van der Waals surface area contributed by atoms with Gasteiger partial charge in [-0.3, -0.25) is 24.2 Å². The van der Waals surface area contributed by atoms with E-state index in [2.05, 4.69) is 38.6 Å². The molecule has 4 unspecified atom stereocenters. The second kappa shape index (κ2) is 16.1. The van der Waals surface area contributed by atoms with Gasteiger partial charge in [0, 0.05) is 42.2 Å². The number of para-hydroxylation sites is 1. The molecule has 0 aliphatic carbocycles. The largest absolute Gasteiger partial charge is 0.481 e. The summed E-state index contributed by atoms with van der Waals surface area (Å²) in [5.41, 5.74) is 17.7. The number of aliphatic imine (C=N–C) groups is 1. The average Bonchev–Trinajstić information content (AvgIpc) is 3.33. The number of nitrogens with one attached hydrogen (secondary N) is 4. The predicted molar refractivity (Wildman–Crippen MR) is 154 cm³/mol. The lowest BCUT2D eigenvalue weighted by Crippen LogP contribution is -2.57. The number of rotatable bonds is 17. The number of H-pyrrole nitrogens is 1. The Labute approximate surface area is 241 Å². The van der Waals surface area contributed by atoms with E-state index in [1.54, 1.807) is 12.3 Å². The Morgan fingerprint density at radius 3 is 2.20 bits per heavy atom. The SMILES string of the molecule is NC(N)=NCCCC(NC(=O)C(Cc1c[nH]c2ccccc12)NC(=O)C(CCC(=O)O)NC(=O)C(N)CS)C(=O)O. The van der Waals surface area contributed by atoms with Gasteiger partial charge in [0.15, 0.2) is 5.96 Å². The Morgan fingerprint density at radius 2 is 1.56 bits per heavy atom. The van der Waals surface area contributed by atoms with Crippen molar-refractivity contribution in [2.75, 3.05) is 12.3 Å². The zero-order valence-corrected chi connectivity index (χ0v) is 23.1. The second-order valence-corrected chi connectivity index (χ2v) is 9.62. The van der Waals surface area contributed by atoms with E-state index in [-0.39, 0.29) is 43.9 Å². The number of guanidine groups is 1. The molecule has 1 heterocycles. The van der Waals surface area contributed by atoms with Gasteiger partial charge in [0.2, 0.25) is 17.7 Å². The van der Waals surface area contributed by atoms with E-state index in [4.69, 9.17) is 22.3 Å². The number of aromatic nitrogens is 1. The van der Waals surface area contributed by atoms with Gasteiger partial charge < -0.3 is 48.3 Å². The molecule has 0 spiro atoms. The van der Waals surface area contributed by atoms with Crippen molar-refractivity contribution in [1.29, 1.82) is 0 Å². The summed E-state index contributed by atoms with van der Waals surface area (Å²) in [4.78, 5) is 68.9. The number of amides is 3. The average molecular weight is 593 g/mol. The first-order valence-corrected chi connectivity index (χ1v) is 13.4. The highest BCUT2D eigenvalue weighted by Crippen LogP contribution is 2.19. The van der Waals surface area contributed by atoms with Gasteiger partial charge >= 0.3 is 11.9 Å². The second-order valence-electron chi connectivity index (χ2n) is 9.26. The third kappa shape index (κ3) is 10.6. The Hall–Kier alpha value is -4.31. The maximum absolute atomic E-state index is 13.4. The van der Waals surface area contributed by atoms with Crippen LogP contribution < -0.4 is 33.2 Å². The predicted octanol–water partition coefficient (Wildman–Crippen LogP) is -1.58. The molecule has 3 amide bonds. The third-order valence-corrected chi connectivity index (χ3v) is 6.50. The number of carboxylic acid groups (broad SMARTS) is 2. The minimum Gasteiger partial charge on any atom is -0.481 e. The van der Waals surface area contributed by atoms with Crippen LogP contribution in [0, 0.1) is 0 Å². The fourth-order valence-corrected chi connectivity index (χ4v) is 4.10. The first-order chi connectivity index (χ1) is 19.4. The van der Waals surface area contributed by atoms with E-state index >= 15 is 0 Å². The van der Waals surface area contributed by atoms with Crippen LogP contribution in [-0.2, 0) is 30.4 Å². The fraction of sp³-hybridized carbons (Fsp3) is 0.440. The Balaban J connectivity index is 2.31. The molecule has 2 rings (SSSR count). The topological polar surface area (TPSA) is 268 Å². The van der Waals surface area contributed by atoms with E-state index in [0.717, 1.165) is 10.9 Å². The van der Waals surface area contributed by atoms with Gasteiger partial charge in [-0.2, -0.15) is 12.6 Å². The van der Waals surface area contributed by atoms with Crippen molar-refractivity contribution in [3.63, 3.8) is 0 Å². The Bertz CT molecular complexity index is 1260.